The Hall–Kier alpha value is -0.800. The van der Waals surface area contributed by atoms with Crippen molar-refractivity contribution in [1.29, 1.82) is 0 Å². The molecule has 1 aromatic heterocycles. The van der Waals surface area contributed by atoms with Crippen LogP contribution in [0.5, 0.6) is 0 Å². The summed E-state index contributed by atoms with van der Waals surface area (Å²) < 4.78 is 0. The maximum atomic E-state index is 6.06. The Morgan fingerprint density at radius 3 is 3.14 bits per heavy atom. The molecule has 0 aliphatic carbocycles. The van der Waals surface area contributed by atoms with Crippen LogP contribution in [-0.2, 0) is 0 Å². The summed E-state index contributed by atoms with van der Waals surface area (Å²) in [7, 11) is 0. The maximum Gasteiger partial charge on any atom is 0.147 e. The Kier molecular flexibility index (Phi) is 2.89. The summed E-state index contributed by atoms with van der Waals surface area (Å²) in [6.45, 7) is 1.86. The van der Waals surface area contributed by atoms with Crippen LogP contribution in [0, 0.1) is 0 Å². The van der Waals surface area contributed by atoms with Gasteiger partial charge in [0.1, 0.15) is 5.82 Å². The average molecular weight is 212 g/mol. The highest BCUT2D eigenvalue weighted by molar-refractivity contribution is 6.32. The highest BCUT2D eigenvalue weighted by atomic mass is 35.5. The van der Waals surface area contributed by atoms with Gasteiger partial charge in [0.15, 0.2) is 0 Å². The SMILES string of the molecule is N[C@H]1CCCN(c2ncccc2Cl)C1. The largest absolute Gasteiger partial charge is 0.354 e. The first kappa shape index (κ1) is 9.74. The number of pyridine rings is 1. The molecule has 1 aliphatic rings. The zero-order chi connectivity index (χ0) is 9.97. The van der Waals surface area contributed by atoms with E-state index in [-0.39, 0.29) is 6.04 Å². The molecule has 4 heteroatoms. The second-order valence-corrected chi connectivity index (χ2v) is 4.06. The zero-order valence-electron chi connectivity index (χ0n) is 7.99. The van der Waals surface area contributed by atoms with Crippen LogP contribution in [0.3, 0.4) is 0 Å². The molecule has 0 saturated carbocycles. The summed E-state index contributed by atoms with van der Waals surface area (Å²) in [6, 6.07) is 3.96. The highest BCUT2D eigenvalue weighted by Crippen LogP contribution is 2.24. The molecule has 0 unspecified atom stereocenters. The third-order valence-corrected chi connectivity index (χ3v) is 2.79. The summed E-state index contributed by atoms with van der Waals surface area (Å²) in [5, 5.41) is 0.710. The summed E-state index contributed by atoms with van der Waals surface area (Å²) in [4.78, 5) is 6.44. The summed E-state index contributed by atoms with van der Waals surface area (Å²) in [6.07, 6.45) is 3.98. The van der Waals surface area contributed by atoms with Crippen LogP contribution in [0.15, 0.2) is 18.3 Å². The lowest BCUT2D eigenvalue weighted by Crippen LogP contribution is -2.43. The third kappa shape index (κ3) is 1.99. The molecule has 1 aliphatic heterocycles. The number of hydrogen-bond acceptors (Lipinski definition) is 3. The van der Waals surface area contributed by atoms with Crippen molar-refractivity contribution in [2.45, 2.75) is 18.9 Å². The van der Waals surface area contributed by atoms with Gasteiger partial charge in [-0.05, 0) is 25.0 Å². The molecular weight excluding hydrogens is 198 g/mol. The minimum absolute atomic E-state index is 0.252. The van der Waals surface area contributed by atoms with Gasteiger partial charge in [-0.3, -0.25) is 0 Å². The number of hydrogen-bond donors (Lipinski definition) is 1. The normalized spacial score (nSPS) is 22.4. The number of rotatable bonds is 1. The van der Waals surface area contributed by atoms with E-state index in [0.29, 0.717) is 5.02 Å². The Bertz CT molecular complexity index is 316. The number of anilines is 1. The standard InChI is InChI=1S/C10H14ClN3/c11-9-4-1-5-13-10(9)14-6-2-3-8(12)7-14/h1,4-5,8H,2-3,6-7,12H2/t8-/m0/s1. The van der Waals surface area contributed by atoms with E-state index in [1.807, 2.05) is 12.1 Å². The topological polar surface area (TPSA) is 42.1 Å². The molecular formula is C10H14ClN3. The molecule has 2 rings (SSSR count). The van der Waals surface area contributed by atoms with Gasteiger partial charge in [0, 0.05) is 25.3 Å². The van der Waals surface area contributed by atoms with E-state index in [9.17, 15) is 0 Å². The number of nitrogens with two attached hydrogens (primary N) is 1. The monoisotopic (exact) mass is 211 g/mol. The second kappa shape index (κ2) is 4.15. The first-order valence-electron chi connectivity index (χ1n) is 4.88. The predicted molar refractivity (Wildman–Crippen MR) is 58.7 cm³/mol. The van der Waals surface area contributed by atoms with Crippen LogP contribution < -0.4 is 10.6 Å². The van der Waals surface area contributed by atoms with Crippen molar-refractivity contribution in [2.24, 2.45) is 5.73 Å². The lowest BCUT2D eigenvalue weighted by molar-refractivity contribution is 0.503. The van der Waals surface area contributed by atoms with Crippen LogP contribution in [0.4, 0.5) is 5.82 Å². The summed E-state index contributed by atoms with van der Waals surface area (Å²) in [5.74, 6) is 0.865. The molecule has 1 atom stereocenters. The van der Waals surface area contributed by atoms with Gasteiger partial charge in [-0.25, -0.2) is 4.98 Å². The molecule has 76 valence electrons. The van der Waals surface area contributed by atoms with Gasteiger partial charge in [-0.1, -0.05) is 11.6 Å². The van der Waals surface area contributed by atoms with Gasteiger partial charge in [0.2, 0.25) is 0 Å². The smallest absolute Gasteiger partial charge is 0.147 e. The molecule has 3 nitrogen and oxygen atoms in total. The Balaban J connectivity index is 2.18. The van der Waals surface area contributed by atoms with Crippen LogP contribution >= 0.6 is 11.6 Å². The van der Waals surface area contributed by atoms with E-state index in [1.165, 1.54) is 0 Å². The van der Waals surface area contributed by atoms with E-state index in [4.69, 9.17) is 17.3 Å². The average Bonchev–Trinajstić information content (AvgIpc) is 2.18. The van der Waals surface area contributed by atoms with Gasteiger partial charge < -0.3 is 10.6 Å². The first-order chi connectivity index (χ1) is 6.77. The summed E-state index contributed by atoms with van der Waals surface area (Å²) in [5.41, 5.74) is 5.90. The quantitative estimate of drug-likeness (QED) is 0.769. The van der Waals surface area contributed by atoms with E-state index in [0.717, 1.165) is 31.7 Å². The van der Waals surface area contributed by atoms with Crippen molar-refractivity contribution in [3.8, 4) is 0 Å². The van der Waals surface area contributed by atoms with Crippen molar-refractivity contribution in [2.75, 3.05) is 18.0 Å². The highest BCUT2D eigenvalue weighted by Gasteiger charge is 2.19. The first-order valence-corrected chi connectivity index (χ1v) is 5.26. The fourth-order valence-corrected chi connectivity index (χ4v) is 2.05. The molecule has 0 radical (unpaired) electrons. The molecule has 0 bridgehead atoms. The van der Waals surface area contributed by atoms with E-state index in [1.54, 1.807) is 6.20 Å². The lowest BCUT2D eigenvalue weighted by Gasteiger charge is -2.32. The van der Waals surface area contributed by atoms with Crippen molar-refractivity contribution in [3.05, 3.63) is 23.4 Å². The Morgan fingerprint density at radius 1 is 1.57 bits per heavy atom. The molecule has 2 N–H and O–H groups in total. The number of halogens is 1. The number of aromatic nitrogens is 1. The zero-order valence-corrected chi connectivity index (χ0v) is 8.74. The second-order valence-electron chi connectivity index (χ2n) is 3.66. The fourth-order valence-electron chi connectivity index (χ4n) is 1.81. The Morgan fingerprint density at radius 2 is 2.43 bits per heavy atom. The van der Waals surface area contributed by atoms with Gasteiger partial charge >= 0.3 is 0 Å². The van der Waals surface area contributed by atoms with Crippen molar-refractivity contribution in [1.82, 2.24) is 4.98 Å². The summed E-state index contributed by atoms with van der Waals surface area (Å²) >= 11 is 6.06. The Labute approximate surface area is 88.9 Å². The van der Waals surface area contributed by atoms with E-state index >= 15 is 0 Å². The fraction of sp³-hybridized carbons (Fsp3) is 0.500. The van der Waals surface area contributed by atoms with Gasteiger partial charge in [0.05, 0.1) is 5.02 Å². The van der Waals surface area contributed by atoms with Gasteiger partial charge in [-0.2, -0.15) is 0 Å². The minimum Gasteiger partial charge on any atom is -0.354 e. The number of piperidine rings is 1. The molecule has 0 spiro atoms. The van der Waals surface area contributed by atoms with Crippen molar-refractivity contribution >= 4 is 17.4 Å². The third-order valence-electron chi connectivity index (χ3n) is 2.50. The minimum atomic E-state index is 0.252. The van der Waals surface area contributed by atoms with Crippen molar-refractivity contribution in [3.63, 3.8) is 0 Å². The van der Waals surface area contributed by atoms with Crippen molar-refractivity contribution < 1.29 is 0 Å². The maximum absolute atomic E-state index is 6.06. The number of nitrogens with zero attached hydrogens (tertiary/aromatic N) is 2. The molecule has 2 heterocycles. The molecule has 14 heavy (non-hydrogen) atoms. The van der Waals surface area contributed by atoms with Crippen LogP contribution in [0.25, 0.3) is 0 Å². The predicted octanol–water partition coefficient (Wildman–Crippen LogP) is 1.66. The van der Waals surface area contributed by atoms with Crippen LogP contribution in [0.2, 0.25) is 5.02 Å². The molecule has 0 aromatic carbocycles. The van der Waals surface area contributed by atoms with Crippen LogP contribution in [-0.4, -0.2) is 24.1 Å². The molecule has 1 saturated heterocycles. The van der Waals surface area contributed by atoms with Crippen LogP contribution in [0.1, 0.15) is 12.8 Å². The molecule has 1 aromatic rings. The van der Waals surface area contributed by atoms with E-state index < -0.39 is 0 Å². The van der Waals surface area contributed by atoms with E-state index in [2.05, 4.69) is 9.88 Å². The van der Waals surface area contributed by atoms with Gasteiger partial charge in [0.25, 0.3) is 0 Å². The molecule has 0 amide bonds. The molecule has 1 fully saturated rings. The lowest BCUT2D eigenvalue weighted by atomic mass is 10.1. The van der Waals surface area contributed by atoms with Gasteiger partial charge in [-0.15, -0.1) is 0 Å².